The lowest BCUT2D eigenvalue weighted by atomic mass is 9.69. The minimum Gasteiger partial charge on any atom is -0.456 e. The normalized spacial score (nSPS) is 15.8. The molecule has 214 valence electrons. The van der Waals surface area contributed by atoms with Gasteiger partial charge in [-0.3, -0.25) is 9.59 Å². The molecule has 6 aromatic carbocycles. The lowest BCUT2D eigenvalue weighted by Gasteiger charge is -2.34. The van der Waals surface area contributed by atoms with E-state index in [1.165, 1.54) is 27.8 Å². The molecule has 1 aliphatic rings. The van der Waals surface area contributed by atoms with Crippen LogP contribution < -0.4 is 10.9 Å². The van der Waals surface area contributed by atoms with Crippen LogP contribution in [0, 0.1) is 0 Å². The van der Waals surface area contributed by atoms with Crippen LogP contribution in [0.5, 0.6) is 0 Å². The lowest BCUT2D eigenvalue weighted by molar-refractivity contribution is 0.646. The van der Waals surface area contributed by atoms with E-state index in [9.17, 15) is 9.59 Å². The summed E-state index contributed by atoms with van der Waals surface area (Å²) in [5, 5.41) is 1.67. The van der Waals surface area contributed by atoms with E-state index in [2.05, 4.69) is 79.7 Å². The van der Waals surface area contributed by atoms with Gasteiger partial charge in [0.2, 0.25) is 10.9 Å². The van der Waals surface area contributed by atoms with E-state index in [0.717, 1.165) is 11.1 Å². The molecule has 2 unspecified atom stereocenters. The van der Waals surface area contributed by atoms with E-state index in [-0.39, 0.29) is 16.8 Å². The number of fused-ring (bicyclic) bond motifs is 7. The molecule has 4 nitrogen and oxygen atoms in total. The molecule has 0 aliphatic heterocycles. The Bertz CT molecular complexity index is 2610. The molecule has 0 N–H and O–H groups in total. The fraction of sp³-hybridized carbons (Fsp3) is 0.0732. The number of hydrogen-bond acceptors (Lipinski definition) is 4. The van der Waals surface area contributed by atoms with E-state index >= 15 is 0 Å². The standard InChI is InChI=1S/C41H26O4/c1-23-26-12-5-6-13-28(26)32-20-25(18-19-29(32)38(23)24-10-3-2-4-11-24)27-15-9-16-31-40(43)34-21-33-36(22-37(34)45-41(27)31)44-35-17-8-7-14-30(35)39(33)42/h2-23,38H,1H3. The maximum atomic E-state index is 13.9. The van der Waals surface area contributed by atoms with Crippen LogP contribution in [0.25, 0.3) is 66.1 Å². The van der Waals surface area contributed by atoms with Crippen molar-refractivity contribution in [3.8, 4) is 22.3 Å². The fourth-order valence-corrected chi connectivity index (χ4v) is 7.34. The van der Waals surface area contributed by atoms with Crippen molar-refractivity contribution in [1.29, 1.82) is 0 Å². The molecule has 8 aromatic rings. The molecule has 0 bridgehead atoms. The molecule has 2 heterocycles. The second-order valence-electron chi connectivity index (χ2n) is 12.0. The summed E-state index contributed by atoms with van der Waals surface area (Å²) in [6.07, 6.45) is 0. The van der Waals surface area contributed by atoms with Gasteiger partial charge in [0.25, 0.3) is 0 Å². The predicted octanol–water partition coefficient (Wildman–Crippen LogP) is 9.79. The van der Waals surface area contributed by atoms with Crippen molar-refractivity contribution in [2.75, 3.05) is 0 Å². The molecule has 0 radical (unpaired) electrons. The zero-order valence-corrected chi connectivity index (χ0v) is 24.4. The van der Waals surface area contributed by atoms with Crippen LogP contribution in [-0.4, -0.2) is 0 Å². The van der Waals surface area contributed by atoms with Gasteiger partial charge in [-0.1, -0.05) is 97.9 Å². The van der Waals surface area contributed by atoms with Gasteiger partial charge in [-0.2, -0.15) is 0 Å². The Hall–Kier alpha value is -5.74. The summed E-state index contributed by atoms with van der Waals surface area (Å²) in [5.41, 5.74) is 9.56. The fourth-order valence-electron chi connectivity index (χ4n) is 7.34. The second-order valence-corrected chi connectivity index (χ2v) is 12.0. The van der Waals surface area contributed by atoms with Crippen LogP contribution in [0.2, 0.25) is 0 Å². The first-order valence-corrected chi connectivity index (χ1v) is 15.2. The van der Waals surface area contributed by atoms with Crippen molar-refractivity contribution in [2.24, 2.45) is 0 Å². The van der Waals surface area contributed by atoms with Crippen molar-refractivity contribution in [1.82, 2.24) is 0 Å². The molecule has 0 amide bonds. The van der Waals surface area contributed by atoms with Crippen molar-refractivity contribution in [3.63, 3.8) is 0 Å². The average Bonchev–Trinajstić information content (AvgIpc) is 3.08. The number of benzene rings is 6. The highest BCUT2D eigenvalue weighted by Crippen LogP contribution is 2.50. The largest absolute Gasteiger partial charge is 0.456 e. The third-order valence-electron chi connectivity index (χ3n) is 9.49. The molecular formula is C41H26O4. The Morgan fingerprint density at radius 1 is 0.489 bits per heavy atom. The number of rotatable bonds is 2. The quantitative estimate of drug-likeness (QED) is 0.190. The van der Waals surface area contributed by atoms with Gasteiger partial charge in [-0.15, -0.1) is 0 Å². The van der Waals surface area contributed by atoms with Crippen LogP contribution in [-0.2, 0) is 0 Å². The van der Waals surface area contributed by atoms with Crippen molar-refractivity contribution in [2.45, 2.75) is 18.8 Å². The number of para-hydroxylation sites is 2. The SMILES string of the molecule is CC1c2ccccc2-c2cc(-c3cccc4c(=O)c5cc6c(=O)c7ccccc7oc6cc5oc34)ccc2C1c1ccccc1. The summed E-state index contributed by atoms with van der Waals surface area (Å²) in [5.74, 6) is 0.537. The molecule has 0 saturated heterocycles. The van der Waals surface area contributed by atoms with E-state index < -0.39 is 0 Å². The minimum absolute atomic E-state index is 0.167. The topological polar surface area (TPSA) is 60.4 Å². The molecule has 9 rings (SSSR count). The van der Waals surface area contributed by atoms with Crippen LogP contribution in [0.1, 0.15) is 35.4 Å². The zero-order chi connectivity index (χ0) is 30.2. The molecule has 2 atom stereocenters. The monoisotopic (exact) mass is 582 g/mol. The maximum Gasteiger partial charge on any atom is 0.200 e. The molecule has 0 spiro atoms. The molecule has 0 fully saturated rings. The first-order chi connectivity index (χ1) is 22.1. The highest BCUT2D eigenvalue weighted by molar-refractivity contribution is 6.03. The Kier molecular flexibility index (Phi) is 5.51. The Labute approximate surface area is 257 Å². The van der Waals surface area contributed by atoms with Crippen molar-refractivity contribution >= 4 is 43.9 Å². The average molecular weight is 583 g/mol. The molecule has 45 heavy (non-hydrogen) atoms. The van der Waals surface area contributed by atoms with Crippen LogP contribution in [0.15, 0.2) is 146 Å². The van der Waals surface area contributed by atoms with Gasteiger partial charge in [0.15, 0.2) is 0 Å². The summed E-state index contributed by atoms with van der Waals surface area (Å²) in [4.78, 5) is 27.2. The second kappa shape index (κ2) is 9.63. The van der Waals surface area contributed by atoms with E-state index in [0.29, 0.717) is 49.8 Å². The third-order valence-corrected chi connectivity index (χ3v) is 9.49. The van der Waals surface area contributed by atoms with Gasteiger partial charge < -0.3 is 8.83 Å². The highest BCUT2D eigenvalue weighted by atomic mass is 16.3. The first-order valence-electron chi connectivity index (χ1n) is 15.2. The summed E-state index contributed by atoms with van der Waals surface area (Å²) < 4.78 is 12.6. The van der Waals surface area contributed by atoms with Crippen LogP contribution in [0.3, 0.4) is 0 Å². The summed E-state index contributed by atoms with van der Waals surface area (Å²) in [6, 6.07) is 42.1. The predicted molar refractivity (Wildman–Crippen MR) is 181 cm³/mol. The molecular weight excluding hydrogens is 556 g/mol. The Balaban J connectivity index is 1.28. The lowest BCUT2D eigenvalue weighted by Crippen LogP contribution is -2.17. The van der Waals surface area contributed by atoms with Crippen LogP contribution >= 0.6 is 0 Å². The van der Waals surface area contributed by atoms with E-state index in [1.54, 1.807) is 36.4 Å². The maximum absolute atomic E-state index is 13.9. The summed E-state index contributed by atoms with van der Waals surface area (Å²) in [6.45, 7) is 2.31. The van der Waals surface area contributed by atoms with Crippen LogP contribution in [0.4, 0.5) is 0 Å². The van der Waals surface area contributed by atoms with Gasteiger partial charge in [0, 0.05) is 17.5 Å². The molecule has 1 aliphatic carbocycles. The summed E-state index contributed by atoms with van der Waals surface area (Å²) in [7, 11) is 0. The zero-order valence-electron chi connectivity index (χ0n) is 24.4. The van der Waals surface area contributed by atoms with Gasteiger partial charge in [0.05, 0.1) is 21.5 Å². The molecule has 4 heteroatoms. The number of hydrogen-bond donors (Lipinski definition) is 0. The van der Waals surface area contributed by atoms with Crippen molar-refractivity contribution < 1.29 is 8.83 Å². The first kappa shape index (κ1) is 25.7. The highest BCUT2D eigenvalue weighted by Gasteiger charge is 2.32. The van der Waals surface area contributed by atoms with Gasteiger partial charge in [-0.05, 0) is 69.6 Å². The summed E-state index contributed by atoms with van der Waals surface area (Å²) >= 11 is 0. The van der Waals surface area contributed by atoms with Crippen molar-refractivity contribution in [3.05, 3.63) is 165 Å². The Morgan fingerprint density at radius 2 is 1.18 bits per heavy atom. The minimum atomic E-state index is -0.177. The van der Waals surface area contributed by atoms with E-state index in [4.69, 9.17) is 8.83 Å². The third kappa shape index (κ3) is 3.79. The van der Waals surface area contributed by atoms with Gasteiger partial charge in [-0.25, -0.2) is 0 Å². The van der Waals surface area contributed by atoms with E-state index in [1.807, 2.05) is 18.2 Å². The smallest absolute Gasteiger partial charge is 0.200 e. The van der Waals surface area contributed by atoms with Gasteiger partial charge in [0.1, 0.15) is 22.3 Å². The molecule has 2 aromatic heterocycles. The molecule has 0 saturated carbocycles. The van der Waals surface area contributed by atoms with Gasteiger partial charge >= 0.3 is 0 Å². The Morgan fingerprint density at radius 3 is 2.04 bits per heavy atom.